The zero-order valence-corrected chi connectivity index (χ0v) is 36.1. The van der Waals surface area contributed by atoms with Gasteiger partial charge in [0.15, 0.2) is 39.2 Å². The van der Waals surface area contributed by atoms with Crippen LogP contribution in [0.2, 0.25) is 36.3 Å². The standard InChI is InChI=1S/C39H68FN5O5Si2/c1-13-15-16-17-18-19-20-21-22-23-24-25-26-47-36(46)43-33-32-34(44-35(40)42-33)45(29-41-32)31-27-30(50-52(11,12)38(6,7)8)39(14-2,49-31)28-48-51(9,10)37(3,4)5/h2,29-31H,13,15-28H2,1,3-12H3,(H,42,43,44,46)/t30-,31+,39+/m0/s1. The Balaban J connectivity index is 1.67. The quantitative estimate of drug-likeness (QED) is 0.0615. The molecule has 1 fully saturated rings. The van der Waals surface area contributed by atoms with Crippen molar-refractivity contribution in [2.45, 2.75) is 186 Å². The molecule has 0 unspecified atom stereocenters. The van der Waals surface area contributed by atoms with Crippen molar-refractivity contribution in [3.63, 3.8) is 0 Å². The van der Waals surface area contributed by atoms with Gasteiger partial charge < -0.3 is 18.3 Å². The van der Waals surface area contributed by atoms with Gasteiger partial charge in [-0.25, -0.2) is 9.78 Å². The van der Waals surface area contributed by atoms with Crippen LogP contribution in [0.4, 0.5) is 15.0 Å². The topological polar surface area (TPSA) is 110 Å². The Morgan fingerprint density at radius 1 is 0.962 bits per heavy atom. The average Bonchev–Trinajstić information content (AvgIpc) is 3.62. The molecule has 1 aliphatic rings. The van der Waals surface area contributed by atoms with Crippen LogP contribution in [0, 0.1) is 18.4 Å². The Kier molecular flexibility index (Phi) is 15.9. The van der Waals surface area contributed by atoms with E-state index in [9.17, 15) is 9.18 Å². The lowest BCUT2D eigenvalue weighted by Gasteiger charge is -2.43. The van der Waals surface area contributed by atoms with E-state index in [2.05, 4.69) is 101 Å². The maximum absolute atomic E-state index is 14.9. The molecule has 52 heavy (non-hydrogen) atoms. The molecule has 1 amide bonds. The molecule has 0 aliphatic carbocycles. The molecule has 2 aromatic heterocycles. The van der Waals surface area contributed by atoms with Crippen LogP contribution in [0.3, 0.4) is 0 Å². The SMILES string of the molecule is C#C[C@]1(CO[Si](C)(C)C(C)(C)C)O[C@@H](n2cnc3c(NC(=O)OCCCCCCCCCCCCCC)nc(F)nc32)C[C@@H]1O[Si](C)(C)C(C)(C)C. The second-order valence-electron chi connectivity index (χ2n) is 17.6. The molecule has 1 saturated heterocycles. The van der Waals surface area contributed by atoms with Gasteiger partial charge in [-0.05, 0) is 42.7 Å². The van der Waals surface area contributed by atoms with Gasteiger partial charge in [-0.2, -0.15) is 14.4 Å². The van der Waals surface area contributed by atoms with Gasteiger partial charge >= 0.3 is 12.2 Å². The van der Waals surface area contributed by atoms with Crippen LogP contribution in [0.1, 0.15) is 138 Å². The first-order valence-electron chi connectivity index (χ1n) is 19.6. The van der Waals surface area contributed by atoms with Crippen LogP contribution in [0.5, 0.6) is 0 Å². The minimum Gasteiger partial charge on any atom is -0.449 e. The van der Waals surface area contributed by atoms with E-state index in [0.717, 1.165) is 19.3 Å². The van der Waals surface area contributed by atoms with E-state index in [1.165, 1.54) is 64.1 Å². The van der Waals surface area contributed by atoms with Crippen LogP contribution in [0.15, 0.2) is 6.33 Å². The first-order chi connectivity index (χ1) is 24.3. The van der Waals surface area contributed by atoms with Crippen molar-refractivity contribution in [1.82, 2.24) is 19.5 Å². The van der Waals surface area contributed by atoms with Gasteiger partial charge in [0.25, 0.3) is 0 Å². The lowest BCUT2D eigenvalue weighted by Crippen LogP contribution is -2.54. The summed E-state index contributed by atoms with van der Waals surface area (Å²) in [4.78, 5) is 25.1. The van der Waals surface area contributed by atoms with Gasteiger partial charge in [0, 0.05) is 6.42 Å². The molecule has 1 N–H and O–H groups in total. The highest BCUT2D eigenvalue weighted by molar-refractivity contribution is 6.74. The fourth-order valence-electron chi connectivity index (χ4n) is 5.81. The number of carbonyl (C=O) groups is 1. The van der Waals surface area contributed by atoms with Crippen LogP contribution in [0.25, 0.3) is 11.2 Å². The number of fused-ring (bicyclic) bond motifs is 1. The molecule has 3 atom stereocenters. The highest BCUT2D eigenvalue weighted by Gasteiger charge is 2.54. The van der Waals surface area contributed by atoms with Crippen molar-refractivity contribution in [2.24, 2.45) is 0 Å². The first kappa shape index (κ1) is 44.0. The number of rotatable bonds is 20. The summed E-state index contributed by atoms with van der Waals surface area (Å²) in [5.74, 6) is 2.85. The number of nitrogens with zero attached hydrogens (tertiary/aromatic N) is 4. The molecular formula is C39H68FN5O5Si2. The molecular weight excluding hydrogens is 694 g/mol. The summed E-state index contributed by atoms with van der Waals surface area (Å²) >= 11 is 0. The van der Waals surface area contributed by atoms with Crippen LogP contribution in [-0.2, 0) is 18.3 Å². The zero-order valence-electron chi connectivity index (χ0n) is 34.1. The fraction of sp³-hybridized carbons (Fsp3) is 0.795. The minimum atomic E-state index is -2.31. The molecule has 1 aliphatic heterocycles. The smallest absolute Gasteiger partial charge is 0.412 e. The van der Waals surface area contributed by atoms with Gasteiger partial charge in [0.05, 0.1) is 25.6 Å². The summed E-state index contributed by atoms with van der Waals surface area (Å²) in [6.07, 6.45) is 19.9. The summed E-state index contributed by atoms with van der Waals surface area (Å²) in [7, 11) is -4.53. The number of imidazole rings is 1. The molecule has 0 radical (unpaired) electrons. The third kappa shape index (κ3) is 11.8. The number of hydrogen-bond acceptors (Lipinski definition) is 8. The van der Waals surface area contributed by atoms with Gasteiger partial charge in [0.2, 0.25) is 0 Å². The van der Waals surface area contributed by atoms with Crippen molar-refractivity contribution >= 4 is 39.7 Å². The van der Waals surface area contributed by atoms with Gasteiger partial charge in [-0.15, -0.1) is 6.42 Å². The number of anilines is 1. The number of halogens is 1. The Morgan fingerprint density at radius 3 is 2.06 bits per heavy atom. The van der Waals surface area contributed by atoms with E-state index < -0.39 is 46.7 Å². The van der Waals surface area contributed by atoms with E-state index in [4.69, 9.17) is 24.7 Å². The largest absolute Gasteiger partial charge is 0.449 e. The Hall–Kier alpha value is -2.38. The normalized spacial score (nSPS) is 20.0. The summed E-state index contributed by atoms with van der Waals surface area (Å²) in [5, 5.41) is 2.46. The number of nitrogens with one attached hydrogen (secondary N) is 1. The first-order valence-corrected chi connectivity index (χ1v) is 25.4. The number of aromatic nitrogens is 4. The van der Waals surface area contributed by atoms with Crippen molar-refractivity contribution in [2.75, 3.05) is 18.5 Å². The number of unbranched alkanes of at least 4 members (excludes halogenated alkanes) is 11. The summed E-state index contributed by atoms with van der Waals surface area (Å²) in [5.41, 5.74) is -0.820. The molecule has 13 heteroatoms. The Labute approximate surface area is 315 Å². The van der Waals surface area contributed by atoms with Crippen LogP contribution >= 0.6 is 0 Å². The summed E-state index contributed by atoms with van der Waals surface area (Å²) in [6.45, 7) is 24.4. The lowest BCUT2D eigenvalue weighted by molar-refractivity contribution is -0.0838. The third-order valence-corrected chi connectivity index (χ3v) is 20.3. The van der Waals surface area contributed by atoms with Gasteiger partial charge in [0.1, 0.15) is 6.23 Å². The number of ether oxygens (including phenoxy) is 2. The molecule has 0 aromatic carbocycles. The van der Waals surface area contributed by atoms with Crippen LogP contribution < -0.4 is 5.32 Å². The number of carbonyl (C=O) groups excluding carboxylic acids is 1. The number of amides is 1. The van der Waals surface area contributed by atoms with Crippen molar-refractivity contribution in [3.05, 3.63) is 12.4 Å². The van der Waals surface area contributed by atoms with Crippen molar-refractivity contribution < 1.29 is 27.5 Å². The molecule has 2 aromatic rings. The van der Waals surface area contributed by atoms with Gasteiger partial charge in [-0.3, -0.25) is 9.88 Å². The number of hydrogen-bond donors (Lipinski definition) is 1. The molecule has 0 bridgehead atoms. The van der Waals surface area contributed by atoms with E-state index >= 15 is 0 Å². The number of terminal acetylenes is 1. The molecule has 3 rings (SSSR count). The van der Waals surface area contributed by atoms with Crippen molar-refractivity contribution in [1.29, 1.82) is 0 Å². The zero-order chi connectivity index (χ0) is 38.8. The second-order valence-corrected chi connectivity index (χ2v) is 27.1. The van der Waals surface area contributed by atoms with Gasteiger partial charge in [-0.1, -0.05) is 125 Å². The molecule has 3 heterocycles. The highest BCUT2D eigenvalue weighted by Crippen LogP contribution is 2.46. The lowest BCUT2D eigenvalue weighted by atomic mass is 9.99. The van der Waals surface area contributed by atoms with E-state index in [1.54, 1.807) is 4.57 Å². The molecule has 0 spiro atoms. The van der Waals surface area contributed by atoms with E-state index in [1.807, 2.05) is 0 Å². The maximum Gasteiger partial charge on any atom is 0.412 e. The van der Waals surface area contributed by atoms with E-state index in [-0.39, 0.29) is 40.3 Å². The average molecular weight is 762 g/mol. The Morgan fingerprint density at radius 2 is 1.52 bits per heavy atom. The second kappa shape index (κ2) is 18.8. The molecule has 294 valence electrons. The highest BCUT2D eigenvalue weighted by atomic mass is 28.4. The predicted molar refractivity (Wildman–Crippen MR) is 213 cm³/mol. The predicted octanol–water partition coefficient (Wildman–Crippen LogP) is 10.9. The van der Waals surface area contributed by atoms with E-state index in [0.29, 0.717) is 6.42 Å². The summed E-state index contributed by atoms with van der Waals surface area (Å²) in [6, 6.07) is 0. The van der Waals surface area contributed by atoms with Crippen molar-refractivity contribution in [3.8, 4) is 12.3 Å². The molecule has 0 saturated carbocycles. The fourth-order valence-corrected chi connectivity index (χ4v) is 8.17. The minimum absolute atomic E-state index is 0.0389. The molecule has 10 nitrogen and oxygen atoms in total. The van der Waals surface area contributed by atoms with Crippen LogP contribution in [-0.4, -0.2) is 67.2 Å². The third-order valence-electron chi connectivity index (χ3n) is 11.4. The monoisotopic (exact) mass is 761 g/mol. The summed E-state index contributed by atoms with van der Waals surface area (Å²) < 4.78 is 42.3. The Bertz CT molecular complexity index is 1480. The maximum atomic E-state index is 14.9.